The van der Waals surface area contributed by atoms with Crippen molar-refractivity contribution in [2.45, 2.75) is 31.8 Å². The number of rotatable bonds is 5. The molecule has 0 bridgehead atoms. The Morgan fingerprint density at radius 2 is 2.24 bits per heavy atom. The molecule has 21 heavy (non-hydrogen) atoms. The van der Waals surface area contributed by atoms with Crippen LogP contribution in [0.2, 0.25) is 0 Å². The van der Waals surface area contributed by atoms with Crippen LogP contribution in [0.1, 0.15) is 31.4 Å². The minimum Gasteiger partial charge on any atom is -0.398 e. The number of hydrogen-bond donors (Lipinski definition) is 2. The molecule has 2 heterocycles. The summed E-state index contributed by atoms with van der Waals surface area (Å²) >= 11 is 0. The molecule has 1 saturated heterocycles. The molecule has 5 heteroatoms. The van der Waals surface area contributed by atoms with Gasteiger partial charge in [0.05, 0.1) is 6.04 Å². The molecule has 2 rings (SSSR count). The summed E-state index contributed by atoms with van der Waals surface area (Å²) in [6.45, 7) is 6.52. The Labute approximate surface area is 128 Å². The Kier molecular flexibility index (Phi) is 5.96. The van der Waals surface area contributed by atoms with Gasteiger partial charge in [0.1, 0.15) is 0 Å². The Balaban J connectivity index is 2.27. The second-order valence-corrected chi connectivity index (χ2v) is 6.10. The fourth-order valence-electron chi connectivity index (χ4n) is 3.10. The molecule has 0 amide bonds. The van der Waals surface area contributed by atoms with E-state index in [4.69, 9.17) is 5.73 Å². The zero-order valence-corrected chi connectivity index (χ0v) is 13.5. The van der Waals surface area contributed by atoms with Crippen molar-refractivity contribution in [3.05, 3.63) is 24.0 Å². The zero-order valence-electron chi connectivity index (χ0n) is 13.5. The average molecular weight is 291 g/mol. The first-order chi connectivity index (χ1) is 10.1. The SMILES string of the molecule is CCCNC(c1cnccc1N)C1CN(C)CCCN1C. The van der Waals surface area contributed by atoms with Gasteiger partial charge in [0.2, 0.25) is 0 Å². The summed E-state index contributed by atoms with van der Waals surface area (Å²) in [5.74, 6) is 0. The number of nitrogens with one attached hydrogen (secondary N) is 1. The summed E-state index contributed by atoms with van der Waals surface area (Å²) in [6, 6.07) is 2.54. The summed E-state index contributed by atoms with van der Waals surface area (Å²) < 4.78 is 0. The first-order valence-electron chi connectivity index (χ1n) is 7.95. The van der Waals surface area contributed by atoms with Gasteiger partial charge in [0.15, 0.2) is 0 Å². The smallest absolute Gasteiger partial charge is 0.0526 e. The van der Waals surface area contributed by atoms with Gasteiger partial charge in [-0.1, -0.05) is 6.92 Å². The zero-order chi connectivity index (χ0) is 15.2. The lowest BCUT2D eigenvalue weighted by Crippen LogP contribution is -2.47. The number of anilines is 1. The summed E-state index contributed by atoms with van der Waals surface area (Å²) in [7, 11) is 4.42. The van der Waals surface area contributed by atoms with E-state index in [0.29, 0.717) is 6.04 Å². The molecular weight excluding hydrogens is 262 g/mol. The highest BCUT2D eigenvalue weighted by atomic mass is 15.2. The first kappa shape index (κ1) is 16.2. The van der Waals surface area contributed by atoms with E-state index in [1.165, 1.54) is 6.42 Å². The van der Waals surface area contributed by atoms with Crippen LogP contribution in [0, 0.1) is 0 Å². The maximum atomic E-state index is 6.21. The molecule has 1 aliphatic rings. The van der Waals surface area contributed by atoms with Gasteiger partial charge in [-0.05, 0) is 52.6 Å². The lowest BCUT2D eigenvalue weighted by molar-refractivity contribution is 0.178. The van der Waals surface area contributed by atoms with Crippen LogP contribution in [-0.2, 0) is 0 Å². The molecule has 2 atom stereocenters. The summed E-state index contributed by atoms with van der Waals surface area (Å²) in [6.07, 6.45) is 6.01. The third-order valence-corrected chi connectivity index (χ3v) is 4.34. The average Bonchev–Trinajstić information content (AvgIpc) is 2.63. The summed E-state index contributed by atoms with van der Waals surface area (Å²) in [4.78, 5) is 9.16. The predicted octanol–water partition coefficient (Wildman–Crippen LogP) is 1.34. The number of likely N-dealkylation sites (N-methyl/N-ethyl adjacent to an activating group) is 2. The van der Waals surface area contributed by atoms with Crippen LogP contribution >= 0.6 is 0 Å². The van der Waals surface area contributed by atoms with Crippen molar-refractivity contribution in [1.29, 1.82) is 0 Å². The molecule has 5 nitrogen and oxygen atoms in total. The van der Waals surface area contributed by atoms with E-state index in [1.54, 1.807) is 6.20 Å². The molecule has 3 N–H and O–H groups in total. The highest BCUT2D eigenvalue weighted by Crippen LogP contribution is 2.26. The van der Waals surface area contributed by atoms with Crippen LogP contribution in [0.3, 0.4) is 0 Å². The fraction of sp³-hybridized carbons (Fsp3) is 0.688. The van der Waals surface area contributed by atoms with Crippen molar-refractivity contribution >= 4 is 5.69 Å². The largest absolute Gasteiger partial charge is 0.398 e. The lowest BCUT2D eigenvalue weighted by atomic mass is 9.97. The van der Waals surface area contributed by atoms with E-state index in [-0.39, 0.29) is 6.04 Å². The number of nitrogens with zero attached hydrogens (tertiary/aromatic N) is 3. The molecule has 1 aliphatic heterocycles. The van der Waals surface area contributed by atoms with Crippen molar-refractivity contribution in [2.24, 2.45) is 0 Å². The molecule has 1 aromatic rings. The number of aromatic nitrogens is 1. The van der Waals surface area contributed by atoms with E-state index in [1.807, 2.05) is 12.3 Å². The minimum absolute atomic E-state index is 0.226. The van der Waals surface area contributed by atoms with Crippen LogP contribution in [0.4, 0.5) is 5.69 Å². The predicted molar refractivity (Wildman–Crippen MR) is 88.2 cm³/mol. The van der Waals surface area contributed by atoms with Crippen LogP contribution in [0.25, 0.3) is 0 Å². The number of pyridine rings is 1. The first-order valence-corrected chi connectivity index (χ1v) is 7.95. The van der Waals surface area contributed by atoms with E-state index in [0.717, 1.165) is 43.9 Å². The Morgan fingerprint density at radius 1 is 1.43 bits per heavy atom. The minimum atomic E-state index is 0.226. The highest BCUT2D eigenvalue weighted by molar-refractivity contribution is 5.46. The molecular formula is C16H29N5. The summed E-state index contributed by atoms with van der Waals surface area (Å²) in [5.41, 5.74) is 8.16. The quantitative estimate of drug-likeness (QED) is 0.857. The van der Waals surface area contributed by atoms with E-state index >= 15 is 0 Å². The monoisotopic (exact) mass is 291 g/mol. The lowest BCUT2D eigenvalue weighted by Gasteiger charge is -2.35. The number of nitrogens with two attached hydrogens (primary N) is 1. The van der Waals surface area contributed by atoms with Crippen molar-refractivity contribution in [2.75, 3.05) is 46.0 Å². The Bertz CT molecular complexity index is 436. The Morgan fingerprint density at radius 3 is 2.95 bits per heavy atom. The molecule has 0 saturated carbocycles. The number of nitrogen functional groups attached to an aromatic ring is 1. The molecule has 0 radical (unpaired) electrons. The Hall–Kier alpha value is -1.17. The second kappa shape index (κ2) is 7.73. The molecule has 0 aliphatic carbocycles. The van der Waals surface area contributed by atoms with Gasteiger partial charge < -0.3 is 20.9 Å². The summed E-state index contributed by atoms with van der Waals surface area (Å²) in [5, 5.41) is 3.69. The van der Waals surface area contributed by atoms with Gasteiger partial charge >= 0.3 is 0 Å². The van der Waals surface area contributed by atoms with Gasteiger partial charge in [0, 0.05) is 36.2 Å². The normalized spacial score (nSPS) is 22.9. The van der Waals surface area contributed by atoms with Crippen molar-refractivity contribution in [1.82, 2.24) is 20.1 Å². The molecule has 118 valence electrons. The van der Waals surface area contributed by atoms with Gasteiger partial charge in [-0.25, -0.2) is 0 Å². The molecule has 2 unspecified atom stereocenters. The topological polar surface area (TPSA) is 57.4 Å². The van der Waals surface area contributed by atoms with Crippen molar-refractivity contribution in [3.8, 4) is 0 Å². The standard InChI is InChI=1S/C16H29N5/c1-4-7-19-16(13-11-18-8-6-14(13)17)15-12-20(2)9-5-10-21(15)3/h6,8,11,15-16,19H,4-5,7,9-10,12H2,1-3H3,(H2,17,18). The maximum Gasteiger partial charge on any atom is 0.0526 e. The maximum absolute atomic E-state index is 6.21. The van der Waals surface area contributed by atoms with Crippen LogP contribution in [0.15, 0.2) is 18.5 Å². The fourth-order valence-corrected chi connectivity index (χ4v) is 3.10. The van der Waals surface area contributed by atoms with E-state index in [2.05, 4.69) is 41.1 Å². The van der Waals surface area contributed by atoms with Gasteiger partial charge in [-0.3, -0.25) is 4.98 Å². The van der Waals surface area contributed by atoms with Gasteiger partial charge in [-0.15, -0.1) is 0 Å². The van der Waals surface area contributed by atoms with E-state index in [9.17, 15) is 0 Å². The molecule has 0 aromatic carbocycles. The van der Waals surface area contributed by atoms with Crippen LogP contribution < -0.4 is 11.1 Å². The van der Waals surface area contributed by atoms with Crippen molar-refractivity contribution in [3.63, 3.8) is 0 Å². The van der Waals surface area contributed by atoms with Gasteiger partial charge in [0.25, 0.3) is 0 Å². The third kappa shape index (κ3) is 4.15. The molecule has 0 spiro atoms. The van der Waals surface area contributed by atoms with Crippen LogP contribution in [-0.4, -0.2) is 61.1 Å². The molecule has 1 aromatic heterocycles. The second-order valence-electron chi connectivity index (χ2n) is 6.10. The third-order valence-electron chi connectivity index (χ3n) is 4.34. The van der Waals surface area contributed by atoms with Crippen LogP contribution in [0.5, 0.6) is 0 Å². The van der Waals surface area contributed by atoms with E-state index < -0.39 is 0 Å². The number of hydrogen-bond acceptors (Lipinski definition) is 5. The highest BCUT2D eigenvalue weighted by Gasteiger charge is 2.30. The van der Waals surface area contributed by atoms with Crippen molar-refractivity contribution < 1.29 is 0 Å². The molecule has 1 fully saturated rings. The van der Waals surface area contributed by atoms with Gasteiger partial charge in [-0.2, -0.15) is 0 Å².